The first-order chi connectivity index (χ1) is 10.2. The zero-order chi connectivity index (χ0) is 14.8. The van der Waals surface area contributed by atoms with E-state index in [4.69, 9.17) is 4.74 Å². The molecule has 0 saturated carbocycles. The summed E-state index contributed by atoms with van der Waals surface area (Å²) < 4.78 is 6.62. The lowest BCUT2D eigenvalue weighted by molar-refractivity contribution is 0.0522. The number of esters is 1. The molecule has 0 radical (unpaired) electrons. The number of nitrogens with zero attached hydrogens (tertiary/aromatic N) is 1. The summed E-state index contributed by atoms with van der Waals surface area (Å²) in [5, 5.41) is 0. The standard InChI is InChI=1S/C17H17NO3/c1-2-21-17(20)15-14-10-6-7-12(14)11-18(16(15)19)13-8-4-3-5-9-13/h3-5,8-9,11H,2,6-7,10H2,1H3. The van der Waals surface area contributed by atoms with Crippen LogP contribution in [0.5, 0.6) is 0 Å². The van der Waals surface area contributed by atoms with E-state index in [0.29, 0.717) is 0 Å². The second kappa shape index (κ2) is 5.56. The van der Waals surface area contributed by atoms with E-state index < -0.39 is 5.97 Å². The van der Waals surface area contributed by atoms with Crippen LogP contribution in [0.2, 0.25) is 0 Å². The first-order valence-electron chi connectivity index (χ1n) is 7.22. The Morgan fingerprint density at radius 3 is 2.71 bits per heavy atom. The van der Waals surface area contributed by atoms with Crippen LogP contribution in [0.3, 0.4) is 0 Å². The number of pyridine rings is 1. The number of rotatable bonds is 3. The number of fused-ring (bicyclic) bond motifs is 1. The average Bonchev–Trinajstić information content (AvgIpc) is 2.95. The van der Waals surface area contributed by atoms with Gasteiger partial charge in [0.2, 0.25) is 0 Å². The Kier molecular flexibility index (Phi) is 3.60. The smallest absolute Gasteiger partial charge is 0.344 e. The molecule has 0 aliphatic heterocycles. The summed E-state index contributed by atoms with van der Waals surface area (Å²) in [4.78, 5) is 24.9. The van der Waals surface area contributed by atoms with E-state index in [1.165, 1.54) is 0 Å². The highest BCUT2D eigenvalue weighted by Gasteiger charge is 2.25. The van der Waals surface area contributed by atoms with Crippen LogP contribution in [0.4, 0.5) is 0 Å². The summed E-state index contributed by atoms with van der Waals surface area (Å²) >= 11 is 0. The first kappa shape index (κ1) is 13.6. The van der Waals surface area contributed by atoms with E-state index >= 15 is 0 Å². The number of carbonyl (C=O) groups is 1. The van der Waals surface area contributed by atoms with Crippen LogP contribution < -0.4 is 5.56 Å². The fourth-order valence-corrected chi connectivity index (χ4v) is 2.85. The molecule has 1 aromatic carbocycles. The van der Waals surface area contributed by atoms with Crippen molar-refractivity contribution in [3.63, 3.8) is 0 Å². The van der Waals surface area contributed by atoms with Crippen molar-refractivity contribution in [3.05, 3.63) is 63.6 Å². The Bertz CT molecular complexity index is 732. The second-order valence-corrected chi connectivity index (χ2v) is 5.09. The van der Waals surface area contributed by atoms with E-state index in [9.17, 15) is 9.59 Å². The maximum Gasteiger partial charge on any atom is 0.344 e. The average molecular weight is 283 g/mol. The number of para-hydroxylation sites is 1. The van der Waals surface area contributed by atoms with Crippen LogP contribution in [-0.4, -0.2) is 17.1 Å². The van der Waals surface area contributed by atoms with Gasteiger partial charge in [0, 0.05) is 11.9 Å². The van der Waals surface area contributed by atoms with Crippen LogP contribution in [0.1, 0.15) is 34.8 Å². The lowest BCUT2D eigenvalue weighted by Gasteiger charge is -2.12. The Morgan fingerprint density at radius 1 is 1.24 bits per heavy atom. The molecule has 108 valence electrons. The Labute approximate surface area is 123 Å². The number of aromatic nitrogens is 1. The van der Waals surface area contributed by atoms with Crippen LogP contribution in [-0.2, 0) is 17.6 Å². The third-order valence-corrected chi connectivity index (χ3v) is 3.79. The van der Waals surface area contributed by atoms with E-state index in [1.54, 1.807) is 11.5 Å². The molecule has 4 nitrogen and oxygen atoms in total. The highest BCUT2D eigenvalue weighted by atomic mass is 16.5. The number of ether oxygens (including phenoxy) is 1. The zero-order valence-electron chi connectivity index (χ0n) is 12.0. The minimum atomic E-state index is -0.508. The third-order valence-electron chi connectivity index (χ3n) is 3.79. The lowest BCUT2D eigenvalue weighted by Crippen LogP contribution is -2.28. The monoisotopic (exact) mass is 283 g/mol. The molecule has 1 aliphatic rings. The summed E-state index contributed by atoms with van der Waals surface area (Å²) in [5.41, 5.74) is 2.62. The van der Waals surface area contributed by atoms with E-state index in [-0.39, 0.29) is 17.7 Å². The number of aryl methyl sites for hydroxylation is 1. The Balaban J connectivity index is 2.22. The molecule has 1 aromatic heterocycles. The maximum atomic E-state index is 12.7. The third kappa shape index (κ3) is 2.37. The van der Waals surface area contributed by atoms with Gasteiger partial charge in [-0.25, -0.2) is 4.79 Å². The van der Waals surface area contributed by atoms with Gasteiger partial charge in [-0.1, -0.05) is 18.2 Å². The van der Waals surface area contributed by atoms with Gasteiger partial charge in [0.15, 0.2) is 0 Å². The Hall–Kier alpha value is -2.36. The molecule has 0 amide bonds. The molecule has 4 heteroatoms. The van der Waals surface area contributed by atoms with E-state index in [0.717, 1.165) is 36.1 Å². The molecule has 0 bridgehead atoms. The minimum Gasteiger partial charge on any atom is -0.462 e. The van der Waals surface area contributed by atoms with Crippen molar-refractivity contribution in [3.8, 4) is 5.69 Å². The molecule has 2 aromatic rings. The molecule has 0 N–H and O–H groups in total. The van der Waals surface area contributed by atoms with Gasteiger partial charge in [-0.05, 0) is 49.4 Å². The molecule has 0 spiro atoms. The summed E-state index contributed by atoms with van der Waals surface area (Å²) in [6.07, 6.45) is 4.51. The second-order valence-electron chi connectivity index (χ2n) is 5.09. The highest BCUT2D eigenvalue weighted by molar-refractivity contribution is 5.91. The molecule has 1 heterocycles. The largest absolute Gasteiger partial charge is 0.462 e. The summed E-state index contributed by atoms with van der Waals surface area (Å²) in [5.74, 6) is -0.508. The van der Waals surface area contributed by atoms with Crippen molar-refractivity contribution in [2.45, 2.75) is 26.2 Å². The predicted octanol–water partition coefficient (Wildman–Crippen LogP) is 2.50. The van der Waals surface area contributed by atoms with Crippen molar-refractivity contribution < 1.29 is 9.53 Å². The van der Waals surface area contributed by atoms with Crippen molar-refractivity contribution >= 4 is 5.97 Å². The summed E-state index contributed by atoms with van der Waals surface area (Å²) in [7, 11) is 0. The number of hydrogen-bond donors (Lipinski definition) is 0. The van der Waals surface area contributed by atoms with Crippen LogP contribution in [0.15, 0.2) is 41.3 Å². The fraction of sp³-hybridized carbons (Fsp3) is 0.294. The topological polar surface area (TPSA) is 48.3 Å². The number of hydrogen-bond acceptors (Lipinski definition) is 3. The molecule has 1 aliphatic carbocycles. The van der Waals surface area contributed by atoms with Crippen molar-refractivity contribution in [1.29, 1.82) is 0 Å². The normalized spacial score (nSPS) is 13.0. The van der Waals surface area contributed by atoms with Gasteiger partial charge in [0.05, 0.1) is 6.61 Å². The SMILES string of the molecule is CCOC(=O)c1c2c(cn(-c3ccccc3)c1=O)CCC2. The van der Waals surface area contributed by atoms with Crippen molar-refractivity contribution in [1.82, 2.24) is 4.57 Å². The minimum absolute atomic E-state index is 0.204. The van der Waals surface area contributed by atoms with Gasteiger partial charge in [0.1, 0.15) is 5.56 Å². The first-order valence-corrected chi connectivity index (χ1v) is 7.22. The lowest BCUT2D eigenvalue weighted by atomic mass is 10.1. The van der Waals surface area contributed by atoms with Crippen LogP contribution in [0, 0.1) is 0 Å². The molecule has 0 unspecified atom stereocenters. The molecule has 0 fully saturated rings. The maximum absolute atomic E-state index is 12.7. The van der Waals surface area contributed by atoms with Gasteiger partial charge in [-0.2, -0.15) is 0 Å². The molecule has 3 rings (SSSR count). The van der Waals surface area contributed by atoms with Crippen LogP contribution in [0.25, 0.3) is 5.69 Å². The number of carbonyl (C=O) groups excluding carboxylic acids is 1. The van der Waals surface area contributed by atoms with Gasteiger partial charge in [-0.15, -0.1) is 0 Å². The summed E-state index contributed by atoms with van der Waals surface area (Å²) in [6.45, 7) is 2.02. The highest BCUT2D eigenvalue weighted by Crippen LogP contribution is 2.24. The molecule has 21 heavy (non-hydrogen) atoms. The van der Waals surface area contributed by atoms with Gasteiger partial charge in [-0.3, -0.25) is 9.36 Å². The van der Waals surface area contributed by atoms with Crippen molar-refractivity contribution in [2.75, 3.05) is 6.61 Å². The Morgan fingerprint density at radius 2 is 2.00 bits per heavy atom. The number of benzene rings is 1. The predicted molar refractivity (Wildman–Crippen MR) is 80.0 cm³/mol. The van der Waals surface area contributed by atoms with Gasteiger partial charge >= 0.3 is 5.97 Å². The summed E-state index contributed by atoms with van der Waals surface area (Å²) in [6, 6.07) is 9.36. The van der Waals surface area contributed by atoms with Gasteiger partial charge in [0.25, 0.3) is 5.56 Å². The van der Waals surface area contributed by atoms with E-state index in [1.807, 2.05) is 36.5 Å². The quantitative estimate of drug-likeness (QED) is 0.813. The molecule has 0 saturated heterocycles. The molecular formula is C17H17NO3. The fourth-order valence-electron chi connectivity index (χ4n) is 2.85. The van der Waals surface area contributed by atoms with Crippen LogP contribution >= 0.6 is 0 Å². The molecule has 0 atom stereocenters. The zero-order valence-corrected chi connectivity index (χ0v) is 12.0. The van der Waals surface area contributed by atoms with Crippen molar-refractivity contribution in [2.24, 2.45) is 0 Å². The van der Waals surface area contributed by atoms with E-state index in [2.05, 4.69) is 0 Å². The molecular weight excluding hydrogens is 266 g/mol. The van der Waals surface area contributed by atoms with Gasteiger partial charge < -0.3 is 4.74 Å².